The van der Waals surface area contributed by atoms with Crippen LogP contribution >= 0.6 is 0 Å². The van der Waals surface area contributed by atoms with E-state index in [1.54, 1.807) is 14.2 Å². The Morgan fingerprint density at radius 1 is 0.949 bits per heavy atom. The van der Waals surface area contributed by atoms with Crippen LogP contribution in [-0.4, -0.2) is 46.3 Å². The predicted octanol–water partition coefficient (Wildman–Crippen LogP) is 6.77. The number of fused-ring (bicyclic) bond motifs is 5. The van der Waals surface area contributed by atoms with Crippen LogP contribution in [0.15, 0.2) is 48.5 Å². The van der Waals surface area contributed by atoms with E-state index in [1.807, 2.05) is 30.3 Å². The van der Waals surface area contributed by atoms with Crippen molar-refractivity contribution in [1.29, 1.82) is 0 Å². The standard InChI is InChI=1S/C33H44O6/c1-33-17-16-26-25-13-12-24(38-21-35-2)19-28(25)32(34)27(31(26)29(33)14-15-30(33)39-22-36-3)11-7-8-18-37-20-23-9-5-4-6-10-23/h4-6,9-10,12-13,19,26-27,29-31H,7-8,11,14-18,20-22H2,1-3H3. The van der Waals surface area contributed by atoms with Crippen molar-refractivity contribution in [2.45, 2.75) is 70.5 Å². The largest absolute Gasteiger partial charge is 0.468 e. The molecule has 2 saturated carbocycles. The van der Waals surface area contributed by atoms with Gasteiger partial charge in [-0.25, -0.2) is 0 Å². The van der Waals surface area contributed by atoms with Gasteiger partial charge in [-0.15, -0.1) is 0 Å². The second-order valence-electron chi connectivity index (χ2n) is 11.8. The van der Waals surface area contributed by atoms with Crippen LogP contribution in [0.3, 0.4) is 0 Å². The summed E-state index contributed by atoms with van der Waals surface area (Å²) in [4.78, 5) is 14.2. The van der Waals surface area contributed by atoms with Gasteiger partial charge in [0, 0.05) is 32.3 Å². The number of rotatable bonds is 13. The normalized spacial score (nSPS) is 29.5. The third-order valence-corrected chi connectivity index (χ3v) is 9.63. The number of benzene rings is 2. The highest BCUT2D eigenvalue weighted by Crippen LogP contribution is 2.63. The van der Waals surface area contributed by atoms with E-state index < -0.39 is 0 Å². The molecule has 2 aromatic carbocycles. The Morgan fingerprint density at radius 2 is 1.77 bits per heavy atom. The summed E-state index contributed by atoms with van der Waals surface area (Å²) in [5, 5.41) is 0. The van der Waals surface area contributed by atoms with E-state index >= 15 is 0 Å². The minimum Gasteiger partial charge on any atom is -0.468 e. The molecule has 212 valence electrons. The summed E-state index contributed by atoms with van der Waals surface area (Å²) >= 11 is 0. The van der Waals surface area contributed by atoms with Crippen molar-refractivity contribution in [2.24, 2.45) is 23.2 Å². The number of carbonyl (C=O) groups is 1. The SMILES string of the molecule is COCOc1ccc2c(c1)C(=O)C(CCCCOCc1ccccc1)C1C2CCC2(C)C(OCOC)CCC12. The van der Waals surface area contributed by atoms with Gasteiger partial charge in [0.2, 0.25) is 0 Å². The molecule has 0 aliphatic heterocycles. The number of methoxy groups -OCH3 is 2. The van der Waals surface area contributed by atoms with Crippen molar-refractivity contribution in [2.75, 3.05) is 34.4 Å². The van der Waals surface area contributed by atoms with Crippen LogP contribution in [0, 0.1) is 23.2 Å². The molecule has 0 spiro atoms. The smallest absolute Gasteiger partial charge is 0.188 e. The van der Waals surface area contributed by atoms with Crippen LogP contribution in [-0.2, 0) is 25.6 Å². The molecule has 0 N–H and O–H groups in total. The van der Waals surface area contributed by atoms with Gasteiger partial charge >= 0.3 is 0 Å². The van der Waals surface area contributed by atoms with Crippen LogP contribution in [0.25, 0.3) is 0 Å². The van der Waals surface area contributed by atoms with Crippen LogP contribution in [0.5, 0.6) is 5.75 Å². The van der Waals surface area contributed by atoms with Crippen LogP contribution in [0.4, 0.5) is 0 Å². The molecule has 6 heteroatoms. The summed E-state index contributed by atoms with van der Waals surface area (Å²) in [7, 11) is 3.30. The monoisotopic (exact) mass is 536 g/mol. The lowest BCUT2D eigenvalue weighted by Gasteiger charge is -2.53. The second kappa shape index (κ2) is 12.9. The van der Waals surface area contributed by atoms with Gasteiger partial charge in [-0.05, 0) is 85.0 Å². The summed E-state index contributed by atoms with van der Waals surface area (Å²) < 4.78 is 28.2. The van der Waals surface area contributed by atoms with Gasteiger partial charge in [0.15, 0.2) is 12.6 Å². The van der Waals surface area contributed by atoms with E-state index in [0.29, 0.717) is 43.5 Å². The zero-order valence-electron chi connectivity index (χ0n) is 23.7. The van der Waals surface area contributed by atoms with Gasteiger partial charge in [-0.1, -0.05) is 49.7 Å². The Hall–Kier alpha value is -2.25. The summed E-state index contributed by atoms with van der Waals surface area (Å²) in [6, 6.07) is 16.4. The molecule has 3 aliphatic carbocycles. The van der Waals surface area contributed by atoms with Crippen LogP contribution in [0.1, 0.15) is 79.3 Å². The molecule has 39 heavy (non-hydrogen) atoms. The fraction of sp³-hybridized carbons (Fsp3) is 0.606. The number of unbranched alkanes of at least 4 members (excludes halogenated alkanes) is 1. The highest BCUT2D eigenvalue weighted by Gasteiger charge is 2.58. The molecule has 0 amide bonds. The van der Waals surface area contributed by atoms with Crippen molar-refractivity contribution in [3.63, 3.8) is 0 Å². The molecule has 6 nitrogen and oxygen atoms in total. The maximum absolute atomic E-state index is 14.2. The molecule has 0 radical (unpaired) electrons. The first-order chi connectivity index (χ1) is 19.1. The molecular weight excluding hydrogens is 492 g/mol. The van der Waals surface area contributed by atoms with Gasteiger partial charge in [0.05, 0.1) is 12.7 Å². The molecular formula is C33H44O6. The van der Waals surface area contributed by atoms with Gasteiger partial charge < -0.3 is 23.7 Å². The number of hydrogen-bond donors (Lipinski definition) is 0. The Morgan fingerprint density at radius 3 is 2.56 bits per heavy atom. The molecule has 0 heterocycles. The van der Waals surface area contributed by atoms with E-state index in [1.165, 1.54) is 11.1 Å². The third kappa shape index (κ3) is 5.95. The molecule has 2 aromatic rings. The van der Waals surface area contributed by atoms with Crippen LogP contribution < -0.4 is 4.74 Å². The van der Waals surface area contributed by atoms with Gasteiger partial charge in [-0.3, -0.25) is 4.79 Å². The number of carbonyl (C=O) groups excluding carboxylic acids is 1. The Balaban J connectivity index is 1.32. The quantitative estimate of drug-likeness (QED) is 0.208. The lowest BCUT2D eigenvalue weighted by Crippen LogP contribution is -2.49. The summed E-state index contributed by atoms with van der Waals surface area (Å²) in [6.45, 7) is 4.25. The maximum Gasteiger partial charge on any atom is 0.188 e. The average molecular weight is 537 g/mol. The summed E-state index contributed by atoms with van der Waals surface area (Å²) in [5.74, 6) is 2.21. The number of ketones is 1. The first kappa shape index (κ1) is 28.3. The maximum atomic E-state index is 14.2. The average Bonchev–Trinajstić information content (AvgIpc) is 3.30. The Kier molecular flexibility index (Phi) is 9.39. The zero-order valence-corrected chi connectivity index (χ0v) is 23.7. The molecule has 5 rings (SSSR count). The van der Waals surface area contributed by atoms with Gasteiger partial charge in [0.1, 0.15) is 12.5 Å². The van der Waals surface area contributed by atoms with Crippen molar-refractivity contribution in [1.82, 2.24) is 0 Å². The Bertz CT molecular complexity index is 1090. The fourth-order valence-electron chi connectivity index (χ4n) is 7.81. The number of ether oxygens (including phenoxy) is 5. The van der Waals surface area contributed by atoms with E-state index in [2.05, 4.69) is 25.1 Å². The first-order valence-electron chi connectivity index (χ1n) is 14.6. The second-order valence-corrected chi connectivity index (χ2v) is 11.8. The summed E-state index contributed by atoms with van der Waals surface area (Å²) in [5.41, 5.74) is 3.33. The molecule has 2 fully saturated rings. The van der Waals surface area contributed by atoms with Crippen molar-refractivity contribution in [3.05, 3.63) is 65.2 Å². The molecule has 3 aliphatic rings. The van der Waals surface area contributed by atoms with E-state index in [0.717, 1.165) is 50.5 Å². The predicted molar refractivity (Wildman–Crippen MR) is 150 cm³/mol. The van der Waals surface area contributed by atoms with E-state index in [4.69, 9.17) is 23.7 Å². The fourth-order valence-corrected chi connectivity index (χ4v) is 7.81. The highest BCUT2D eigenvalue weighted by atomic mass is 16.7. The number of Topliss-reactive ketones (excluding diaryl/α,β-unsaturated/α-hetero) is 1. The Labute approximate surface area is 233 Å². The lowest BCUT2D eigenvalue weighted by molar-refractivity contribution is -0.127. The van der Waals surface area contributed by atoms with Crippen LogP contribution in [0.2, 0.25) is 0 Å². The minimum absolute atomic E-state index is 0.0140. The van der Waals surface area contributed by atoms with Crippen molar-refractivity contribution >= 4 is 5.78 Å². The molecule has 6 atom stereocenters. The molecule has 0 bridgehead atoms. The van der Waals surface area contributed by atoms with Crippen molar-refractivity contribution in [3.8, 4) is 5.75 Å². The highest BCUT2D eigenvalue weighted by molar-refractivity contribution is 6.01. The van der Waals surface area contributed by atoms with E-state index in [9.17, 15) is 4.79 Å². The third-order valence-electron chi connectivity index (χ3n) is 9.63. The molecule has 6 unspecified atom stereocenters. The zero-order chi connectivity index (χ0) is 27.2. The minimum atomic E-state index is 0.0140. The van der Waals surface area contributed by atoms with E-state index in [-0.39, 0.29) is 30.0 Å². The molecule has 0 aromatic heterocycles. The lowest BCUT2D eigenvalue weighted by atomic mass is 9.51. The summed E-state index contributed by atoms with van der Waals surface area (Å²) in [6.07, 6.45) is 7.38. The van der Waals surface area contributed by atoms with Gasteiger partial charge in [0.25, 0.3) is 0 Å². The molecule has 0 saturated heterocycles. The topological polar surface area (TPSA) is 63.2 Å². The van der Waals surface area contributed by atoms with Gasteiger partial charge in [-0.2, -0.15) is 0 Å². The first-order valence-corrected chi connectivity index (χ1v) is 14.6. The number of hydrogen-bond acceptors (Lipinski definition) is 6. The van der Waals surface area contributed by atoms with Crippen molar-refractivity contribution < 1.29 is 28.5 Å².